The number of pyridine rings is 1. The average Bonchev–Trinajstić information content (AvgIpc) is 2.33. The van der Waals surface area contributed by atoms with Gasteiger partial charge in [0.15, 0.2) is 0 Å². The molecule has 21 heavy (non-hydrogen) atoms. The smallest absolute Gasteiger partial charge is 0.248 e. The molecule has 3 nitrogen and oxygen atoms in total. The van der Waals surface area contributed by atoms with Crippen molar-refractivity contribution < 1.29 is 13.3 Å². The maximum Gasteiger partial charge on any atom is 0.248 e. The molecule has 0 aliphatic heterocycles. The summed E-state index contributed by atoms with van der Waals surface area (Å²) in [5.41, 5.74) is 0.753. The fraction of sp³-hybridized carbons (Fsp3) is 0.643. The van der Waals surface area contributed by atoms with Gasteiger partial charge in [-0.25, -0.2) is 13.8 Å². The summed E-state index contributed by atoms with van der Waals surface area (Å²) in [5.74, 6) is -2.89. The Bertz CT molecular complexity index is 506. The van der Waals surface area contributed by atoms with Gasteiger partial charge >= 0.3 is 0 Å². The fourth-order valence-electron chi connectivity index (χ4n) is 2.75. The van der Waals surface area contributed by atoms with Crippen molar-refractivity contribution in [2.75, 3.05) is 0 Å². The summed E-state index contributed by atoms with van der Waals surface area (Å²) >= 11 is 1.79. The summed E-state index contributed by atoms with van der Waals surface area (Å²) < 4.78 is 38.1. The molecular formula is C14H19BrF2N2OS. The molecule has 2 rings (SSSR count). The first-order chi connectivity index (χ1) is 9.61. The minimum atomic E-state index is -2.58. The van der Waals surface area contributed by atoms with Crippen LogP contribution in [0.2, 0.25) is 0 Å². The van der Waals surface area contributed by atoms with Crippen LogP contribution in [0.15, 0.2) is 22.8 Å². The Morgan fingerprint density at radius 1 is 1.52 bits per heavy atom. The van der Waals surface area contributed by atoms with Gasteiger partial charge in [-0.2, -0.15) is 5.14 Å². The second-order valence-corrected chi connectivity index (χ2v) is 8.79. The van der Waals surface area contributed by atoms with E-state index >= 15 is 0 Å². The molecule has 0 saturated heterocycles. The molecule has 1 aliphatic rings. The Labute approximate surface area is 135 Å². The number of hydrogen-bond donors (Lipinski definition) is 1. The van der Waals surface area contributed by atoms with E-state index in [0.717, 1.165) is 5.69 Å². The van der Waals surface area contributed by atoms with Crippen molar-refractivity contribution in [3.8, 4) is 0 Å². The number of rotatable bonds is 5. The van der Waals surface area contributed by atoms with Crippen LogP contribution >= 0.6 is 15.9 Å². The van der Waals surface area contributed by atoms with Crippen LogP contribution in [0, 0.1) is 5.92 Å². The highest BCUT2D eigenvalue weighted by Crippen LogP contribution is 2.51. The van der Waals surface area contributed by atoms with Crippen molar-refractivity contribution >= 4 is 27.3 Å². The third-order valence-electron chi connectivity index (χ3n) is 4.06. The first-order valence-corrected chi connectivity index (χ1v) is 8.78. The van der Waals surface area contributed by atoms with Gasteiger partial charge in [0.2, 0.25) is 5.92 Å². The topological polar surface area (TPSA) is 62.0 Å². The summed E-state index contributed by atoms with van der Waals surface area (Å²) in [6, 6.07) is 5.46. The Balaban J connectivity index is 2.23. The first kappa shape index (κ1) is 17.1. The largest absolute Gasteiger partial charge is 0.598 e. The lowest BCUT2D eigenvalue weighted by Crippen LogP contribution is -2.44. The van der Waals surface area contributed by atoms with Crippen molar-refractivity contribution in [3.05, 3.63) is 28.5 Å². The SMILES string of the molecule is CC(C)(C[C@H](c1cccc(Br)n1)C1CC(F)(F)C1)[S@+](N)[O-]. The summed E-state index contributed by atoms with van der Waals surface area (Å²) in [5, 5.41) is 5.53. The van der Waals surface area contributed by atoms with Gasteiger partial charge in [-0.3, -0.25) is 0 Å². The van der Waals surface area contributed by atoms with Gasteiger partial charge in [-0.15, -0.1) is 0 Å². The minimum Gasteiger partial charge on any atom is -0.598 e. The Hall–Kier alpha value is -0.240. The van der Waals surface area contributed by atoms with E-state index in [2.05, 4.69) is 20.9 Å². The van der Waals surface area contributed by atoms with Crippen molar-refractivity contribution in [1.29, 1.82) is 0 Å². The Morgan fingerprint density at radius 2 is 2.14 bits per heavy atom. The molecule has 1 heterocycles. The molecule has 118 valence electrons. The van der Waals surface area contributed by atoms with Crippen LogP contribution in [0.1, 0.15) is 44.7 Å². The fourth-order valence-corrected chi connectivity index (χ4v) is 3.45. The van der Waals surface area contributed by atoms with Gasteiger partial charge < -0.3 is 4.55 Å². The molecule has 0 bridgehead atoms. The monoisotopic (exact) mass is 380 g/mol. The second kappa shape index (κ2) is 6.10. The number of alkyl halides is 2. The van der Waals surface area contributed by atoms with Gasteiger partial charge in [0.25, 0.3) is 0 Å². The maximum atomic E-state index is 13.2. The molecule has 0 unspecified atom stereocenters. The van der Waals surface area contributed by atoms with Gasteiger partial charge in [0, 0.05) is 42.2 Å². The van der Waals surface area contributed by atoms with E-state index in [0.29, 0.717) is 11.0 Å². The quantitative estimate of drug-likeness (QED) is 0.624. The van der Waals surface area contributed by atoms with E-state index in [-0.39, 0.29) is 24.7 Å². The molecule has 2 atom stereocenters. The predicted octanol–water partition coefficient (Wildman–Crippen LogP) is 3.76. The van der Waals surface area contributed by atoms with Crippen LogP contribution in [0.4, 0.5) is 8.78 Å². The molecule has 2 N–H and O–H groups in total. The van der Waals surface area contributed by atoms with Crippen LogP contribution in [0.5, 0.6) is 0 Å². The van der Waals surface area contributed by atoms with Crippen LogP contribution in [-0.2, 0) is 11.4 Å². The minimum absolute atomic E-state index is 0.140. The highest BCUT2D eigenvalue weighted by Gasteiger charge is 2.51. The highest BCUT2D eigenvalue weighted by molar-refractivity contribution is 9.10. The predicted molar refractivity (Wildman–Crippen MR) is 83.4 cm³/mol. The first-order valence-electron chi connectivity index (χ1n) is 6.77. The number of nitrogens with zero attached hydrogens (tertiary/aromatic N) is 1. The average molecular weight is 381 g/mol. The lowest BCUT2D eigenvalue weighted by molar-refractivity contribution is -0.118. The van der Waals surface area contributed by atoms with E-state index < -0.39 is 22.0 Å². The van der Waals surface area contributed by atoms with E-state index in [9.17, 15) is 13.3 Å². The number of aromatic nitrogens is 1. The molecule has 7 heteroatoms. The molecular weight excluding hydrogens is 362 g/mol. The molecule has 1 aliphatic carbocycles. The van der Waals surface area contributed by atoms with E-state index in [1.54, 1.807) is 19.9 Å². The van der Waals surface area contributed by atoms with Crippen molar-refractivity contribution in [2.24, 2.45) is 11.1 Å². The summed E-state index contributed by atoms with van der Waals surface area (Å²) in [6.45, 7) is 3.59. The molecule has 0 spiro atoms. The van der Waals surface area contributed by atoms with E-state index in [4.69, 9.17) is 5.14 Å². The third-order valence-corrected chi connectivity index (χ3v) is 5.76. The number of nitrogens with two attached hydrogens (primary N) is 1. The van der Waals surface area contributed by atoms with Gasteiger partial charge in [0.1, 0.15) is 9.35 Å². The van der Waals surface area contributed by atoms with Gasteiger partial charge in [-0.05, 0) is 47.8 Å². The van der Waals surface area contributed by atoms with Gasteiger partial charge in [0.05, 0.1) is 0 Å². The third kappa shape index (κ3) is 4.15. The van der Waals surface area contributed by atoms with Crippen molar-refractivity contribution in [1.82, 2.24) is 4.98 Å². The van der Waals surface area contributed by atoms with Crippen LogP contribution in [0.25, 0.3) is 0 Å². The molecule has 0 amide bonds. The van der Waals surface area contributed by atoms with Crippen molar-refractivity contribution in [2.45, 2.75) is 49.7 Å². The molecule has 1 aromatic rings. The molecule has 0 radical (unpaired) electrons. The normalized spacial score (nSPS) is 21.7. The van der Waals surface area contributed by atoms with Crippen LogP contribution in [0.3, 0.4) is 0 Å². The standard InChI is InChI=1S/C14H19BrF2N2OS/c1-13(2,21(18)20)8-10(9-6-14(16,17)7-9)11-4-3-5-12(15)19-11/h3-5,9-10H,6-8,18H2,1-2H3/t10-,21+/m0/s1. The summed E-state index contributed by atoms with van der Waals surface area (Å²) in [4.78, 5) is 4.40. The molecule has 1 saturated carbocycles. The number of halogens is 3. The summed E-state index contributed by atoms with van der Waals surface area (Å²) in [6.07, 6.45) is 0.193. The lowest BCUT2D eigenvalue weighted by Gasteiger charge is -2.42. The summed E-state index contributed by atoms with van der Waals surface area (Å²) in [7, 11) is 0. The van der Waals surface area contributed by atoms with E-state index in [1.807, 2.05) is 12.1 Å². The second-order valence-electron chi connectivity index (χ2n) is 6.28. The maximum absolute atomic E-state index is 13.2. The highest BCUT2D eigenvalue weighted by atomic mass is 79.9. The molecule has 1 fully saturated rings. The van der Waals surface area contributed by atoms with Crippen LogP contribution < -0.4 is 5.14 Å². The van der Waals surface area contributed by atoms with Crippen LogP contribution in [-0.4, -0.2) is 20.2 Å². The lowest BCUT2D eigenvalue weighted by atomic mass is 9.69. The Morgan fingerprint density at radius 3 is 2.62 bits per heavy atom. The van der Waals surface area contributed by atoms with Crippen molar-refractivity contribution in [3.63, 3.8) is 0 Å². The molecule has 1 aromatic heterocycles. The zero-order valence-corrected chi connectivity index (χ0v) is 14.4. The Kier molecular flexibility index (Phi) is 4.97. The molecule has 0 aromatic carbocycles. The zero-order valence-electron chi connectivity index (χ0n) is 12.0. The zero-order chi connectivity index (χ0) is 15.8. The van der Waals surface area contributed by atoms with E-state index in [1.165, 1.54) is 0 Å². The number of hydrogen-bond acceptors (Lipinski definition) is 3. The van der Waals surface area contributed by atoms with Gasteiger partial charge in [-0.1, -0.05) is 6.07 Å².